The van der Waals surface area contributed by atoms with Gasteiger partial charge in [0.25, 0.3) is 0 Å². The van der Waals surface area contributed by atoms with Crippen molar-refractivity contribution in [3.63, 3.8) is 0 Å². The maximum absolute atomic E-state index is 12.1. The van der Waals surface area contributed by atoms with E-state index in [2.05, 4.69) is 32.1 Å². The second-order valence-corrected chi connectivity index (χ2v) is 6.48. The van der Waals surface area contributed by atoms with Gasteiger partial charge in [-0.25, -0.2) is 15.0 Å². The molecule has 1 fully saturated rings. The first-order valence-electron chi connectivity index (χ1n) is 7.99. The van der Waals surface area contributed by atoms with E-state index in [1.807, 2.05) is 5.38 Å². The first-order valence-corrected chi connectivity index (χ1v) is 8.86. The van der Waals surface area contributed by atoms with Crippen molar-refractivity contribution in [3.8, 4) is 10.8 Å². The van der Waals surface area contributed by atoms with Crippen LogP contribution in [0.2, 0.25) is 0 Å². The minimum atomic E-state index is 0.0267. The van der Waals surface area contributed by atoms with E-state index in [9.17, 15) is 4.79 Å². The number of nitrogens with one attached hydrogen (secondary N) is 1. The van der Waals surface area contributed by atoms with Gasteiger partial charge in [0.1, 0.15) is 0 Å². The van der Waals surface area contributed by atoms with Crippen LogP contribution in [0.4, 0.5) is 0 Å². The monoisotopic (exact) mass is 331 g/mol. The fourth-order valence-corrected chi connectivity index (χ4v) is 3.67. The van der Waals surface area contributed by atoms with Crippen LogP contribution in [-0.2, 0) is 11.2 Å². The van der Waals surface area contributed by atoms with E-state index in [0.29, 0.717) is 18.3 Å². The first kappa shape index (κ1) is 16.0. The van der Waals surface area contributed by atoms with Gasteiger partial charge in [-0.15, -0.1) is 11.3 Å². The molecular formula is C16H21N5OS. The summed E-state index contributed by atoms with van der Waals surface area (Å²) in [6.45, 7) is 5.09. The van der Waals surface area contributed by atoms with Crippen LogP contribution in [0, 0.1) is 0 Å². The van der Waals surface area contributed by atoms with Crippen molar-refractivity contribution >= 4 is 17.2 Å². The van der Waals surface area contributed by atoms with Crippen molar-refractivity contribution in [1.29, 1.82) is 0 Å². The highest BCUT2D eigenvalue weighted by Crippen LogP contribution is 2.20. The van der Waals surface area contributed by atoms with Crippen LogP contribution >= 0.6 is 11.3 Å². The quantitative estimate of drug-likeness (QED) is 0.873. The van der Waals surface area contributed by atoms with Crippen LogP contribution in [0.3, 0.4) is 0 Å². The first-order chi connectivity index (χ1) is 11.3. The van der Waals surface area contributed by atoms with Crippen molar-refractivity contribution in [2.24, 2.45) is 0 Å². The zero-order valence-corrected chi connectivity index (χ0v) is 14.1. The number of likely N-dealkylation sites (tertiary alicyclic amines) is 1. The highest BCUT2D eigenvalue weighted by atomic mass is 32.1. The van der Waals surface area contributed by atoms with E-state index in [0.717, 1.165) is 30.3 Å². The summed E-state index contributed by atoms with van der Waals surface area (Å²) < 4.78 is 0. The number of hydrogen-bond donors (Lipinski definition) is 1. The molecule has 2 aromatic rings. The van der Waals surface area contributed by atoms with Crippen LogP contribution < -0.4 is 5.32 Å². The number of rotatable bonds is 6. The molecule has 1 saturated heterocycles. The van der Waals surface area contributed by atoms with Crippen LogP contribution in [0.1, 0.15) is 25.5 Å². The number of thiazole rings is 1. The summed E-state index contributed by atoms with van der Waals surface area (Å²) >= 11 is 1.47. The van der Waals surface area contributed by atoms with E-state index in [-0.39, 0.29) is 5.91 Å². The lowest BCUT2D eigenvalue weighted by atomic mass is 10.2. The normalized spacial score (nSPS) is 18.2. The van der Waals surface area contributed by atoms with Crippen molar-refractivity contribution in [1.82, 2.24) is 25.2 Å². The average Bonchev–Trinajstić information content (AvgIpc) is 3.22. The number of carbonyl (C=O) groups excluding carboxylic acids is 1. The molecule has 0 spiro atoms. The van der Waals surface area contributed by atoms with Crippen LogP contribution in [0.25, 0.3) is 10.8 Å². The fourth-order valence-electron chi connectivity index (χ4n) is 2.90. The van der Waals surface area contributed by atoms with Gasteiger partial charge in [-0.05, 0) is 32.0 Å². The molecule has 1 aliphatic rings. The van der Waals surface area contributed by atoms with Crippen LogP contribution in [-0.4, -0.2) is 51.4 Å². The second-order valence-electron chi connectivity index (χ2n) is 5.62. The molecule has 1 aliphatic heterocycles. The molecule has 0 radical (unpaired) electrons. The SMILES string of the molecule is CCN1CCCC1CNC(=O)Cc1csc(-c2ncccn2)n1. The highest BCUT2D eigenvalue weighted by molar-refractivity contribution is 7.13. The number of aromatic nitrogens is 3. The lowest BCUT2D eigenvalue weighted by molar-refractivity contribution is -0.120. The molecule has 122 valence electrons. The zero-order chi connectivity index (χ0) is 16.1. The second kappa shape index (κ2) is 7.61. The van der Waals surface area contributed by atoms with E-state index in [4.69, 9.17) is 0 Å². The smallest absolute Gasteiger partial charge is 0.226 e. The van der Waals surface area contributed by atoms with E-state index in [1.54, 1.807) is 18.5 Å². The third-order valence-electron chi connectivity index (χ3n) is 4.09. The van der Waals surface area contributed by atoms with Gasteiger partial charge in [-0.3, -0.25) is 9.69 Å². The maximum atomic E-state index is 12.1. The Bertz CT molecular complexity index is 645. The minimum absolute atomic E-state index is 0.0267. The number of nitrogens with zero attached hydrogens (tertiary/aromatic N) is 4. The van der Waals surface area contributed by atoms with E-state index >= 15 is 0 Å². The number of likely N-dealkylation sites (N-methyl/N-ethyl adjacent to an activating group) is 1. The Balaban J connectivity index is 1.51. The van der Waals surface area contributed by atoms with Gasteiger partial charge in [-0.1, -0.05) is 6.92 Å². The molecule has 2 aromatic heterocycles. The summed E-state index contributed by atoms with van der Waals surface area (Å²) in [5, 5.41) is 5.69. The summed E-state index contributed by atoms with van der Waals surface area (Å²) in [6, 6.07) is 2.25. The Labute approximate surface area is 140 Å². The molecule has 1 N–H and O–H groups in total. The highest BCUT2D eigenvalue weighted by Gasteiger charge is 2.23. The molecular weight excluding hydrogens is 310 g/mol. The topological polar surface area (TPSA) is 71.0 Å². The molecule has 7 heteroatoms. The summed E-state index contributed by atoms with van der Waals surface area (Å²) in [7, 11) is 0. The van der Waals surface area contributed by atoms with E-state index < -0.39 is 0 Å². The zero-order valence-electron chi connectivity index (χ0n) is 13.2. The van der Waals surface area contributed by atoms with Crippen LogP contribution in [0.15, 0.2) is 23.8 Å². The minimum Gasteiger partial charge on any atom is -0.354 e. The van der Waals surface area contributed by atoms with Gasteiger partial charge >= 0.3 is 0 Å². The molecule has 3 rings (SSSR count). The standard InChI is InChI=1S/C16H21N5OS/c1-2-21-8-3-5-13(21)10-19-14(22)9-12-11-23-16(20-12)15-17-6-4-7-18-15/h4,6-7,11,13H,2-3,5,8-10H2,1H3,(H,19,22). The van der Waals surface area contributed by atoms with Crippen molar-refractivity contribution < 1.29 is 4.79 Å². The number of amides is 1. The van der Waals surface area contributed by atoms with Crippen LogP contribution in [0.5, 0.6) is 0 Å². The van der Waals surface area contributed by atoms with Gasteiger partial charge in [0.05, 0.1) is 12.1 Å². The van der Waals surface area contributed by atoms with Crippen molar-refractivity contribution in [2.45, 2.75) is 32.2 Å². The summed E-state index contributed by atoms with van der Waals surface area (Å²) in [5.74, 6) is 0.632. The van der Waals surface area contributed by atoms with Gasteiger partial charge in [-0.2, -0.15) is 0 Å². The fraction of sp³-hybridized carbons (Fsp3) is 0.500. The Morgan fingerprint density at radius 2 is 2.26 bits per heavy atom. The van der Waals surface area contributed by atoms with Crippen molar-refractivity contribution in [2.75, 3.05) is 19.6 Å². The molecule has 23 heavy (non-hydrogen) atoms. The molecule has 1 amide bonds. The molecule has 0 aromatic carbocycles. The third-order valence-corrected chi connectivity index (χ3v) is 4.98. The third kappa shape index (κ3) is 4.11. The van der Waals surface area contributed by atoms with Crippen molar-refractivity contribution in [3.05, 3.63) is 29.5 Å². The molecule has 0 saturated carbocycles. The predicted molar refractivity (Wildman–Crippen MR) is 90.1 cm³/mol. The lowest BCUT2D eigenvalue weighted by Gasteiger charge is -2.22. The van der Waals surface area contributed by atoms with Gasteiger partial charge in [0, 0.05) is 30.4 Å². The average molecular weight is 331 g/mol. The van der Waals surface area contributed by atoms with E-state index in [1.165, 1.54) is 24.2 Å². The predicted octanol–water partition coefficient (Wildman–Crippen LogP) is 1.74. The Morgan fingerprint density at radius 1 is 1.43 bits per heavy atom. The van der Waals surface area contributed by atoms with Gasteiger partial charge in [0.15, 0.2) is 10.8 Å². The number of hydrogen-bond acceptors (Lipinski definition) is 6. The summed E-state index contributed by atoms with van der Waals surface area (Å²) in [5.41, 5.74) is 0.772. The van der Waals surface area contributed by atoms with Gasteiger partial charge in [0.2, 0.25) is 5.91 Å². The van der Waals surface area contributed by atoms with Gasteiger partial charge < -0.3 is 5.32 Å². The molecule has 1 atom stereocenters. The Morgan fingerprint density at radius 3 is 3.04 bits per heavy atom. The summed E-state index contributed by atoms with van der Waals surface area (Å²) in [6.07, 6.45) is 6.08. The Kier molecular flexibility index (Phi) is 5.30. The molecule has 1 unspecified atom stereocenters. The Hall–Kier alpha value is -1.86. The molecule has 6 nitrogen and oxygen atoms in total. The number of carbonyl (C=O) groups is 1. The maximum Gasteiger partial charge on any atom is 0.226 e. The summed E-state index contributed by atoms with van der Waals surface area (Å²) in [4.78, 5) is 27.3. The molecule has 0 aliphatic carbocycles. The largest absolute Gasteiger partial charge is 0.354 e. The lowest BCUT2D eigenvalue weighted by Crippen LogP contribution is -2.40. The molecule has 0 bridgehead atoms. The molecule has 3 heterocycles.